The molecule has 2 rings (SSSR count). The lowest BCUT2D eigenvalue weighted by atomic mass is 10.2. The predicted octanol–water partition coefficient (Wildman–Crippen LogP) is 3.08. The van der Waals surface area contributed by atoms with Crippen LogP contribution in [0.3, 0.4) is 0 Å². The van der Waals surface area contributed by atoms with Crippen molar-refractivity contribution in [2.75, 3.05) is 0 Å². The third-order valence-corrected chi connectivity index (χ3v) is 2.98. The van der Waals surface area contributed by atoms with E-state index >= 15 is 0 Å². The molecule has 3 heteroatoms. The first-order chi connectivity index (χ1) is 9.65. The summed E-state index contributed by atoms with van der Waals surface area (Å²) in [5, 5.41) is 2.87. The molecule has 0 aromatic heterocycles. The highest BCUT2D eigenvalue weighted by molar-refractivity contribution is 5.80. The normalized spacial score (nSPS) is 11.7. The van der Waals surface area contributed by atoms with E-state index in [4.69, 9.17) is 4.74 Å². The molecule has 0 fully saturated rings. The van der Waals surface area contributed by atoms with Gasteiger partial charge in [-0.1, -0.05) is 42.5 Å². The first-order valence-electron chi connectivity index (χ1n) is 6.70. The van der Waals surface area contributed by atoms with Crippen LogP contribution in [0.15, 0.2) is 54.6 Å². The molecule has 2 aromatic carbocycles. The van der Waals surface area contributed by atoms with Crippen LogP contribution < -0.4 is 10.1 Å². The minimum atomic E-state index is -0.513. The van der Waals surface area contributed by atoms with Crippen LogP contribution in [0.1, 0.15) is 18.1 Å². The fraction of sp³-hybridized carbons (Fsp3) is 0.235. The maximum atomic E-state index is 12.0. The maximum Gasteiger partial charge on any atom is 0.261 e. The highest BCUT2D eigenvalue weighted by Gasteiger charge is 2.14. The zero-order chi connectivity index (χ0) is 14.4. The highest BCUT2D eigenvalue weighted by Crippen LogP contribution is 2.14. The molecular weight excluding hydrogens is 250 g/mol. The molecule has 1 amide bonds. The van der Waals surface area contributed by atoms with Gasteiger partial charge in [0.1, 0.15) is 5.75 Å². The molecule has 104 valence electrons. The summed E-state index contributed by atoms with van der Waals surface area (Å²) in [4.78, 5) is 12.0. The first-order valence-corrected chi connectivity index (χ1v) is 6.70. The Bertz CT molecular complexity index is 566. The van der Waals surface area contributed by atoms with Gasteiger partial charge in [-0.2, -0.15) is 0 Å². The number of carbonyl (C=O) groups excluding carboxylic acids is 1. The minimum Gasteiger partial charge on any atom is -0.481 e. The summed E-state index contributed by atoms with van der Waals surface area (Å²) in [5.74, 6) is 0.600. The van der Waals surface area contributed by atoms with Crippen molar-refractivity contribution in [1.82, 2.24) is 5.32 Å². The van der Waals surface area contributed by atoms with Gasteiger partial charge in [0, 0.05) is 6.54 Å². The third-order valence-electron chi connectivity index (χ3n) is 2.98. The lowest BCUT2D eigenvalue weighted by Crippen LogP contribution is -2.35. The molecule has 20 heavy (non-hydrogen) atoms. The van der Waals surface area contributed by atoms with Gasteiger partial charge in [-0.15, -0.1) is 0 Å². The first kappa shape index (κ1) is 14.1. The summed E-state index contributed by atoms with van der Waals surface area (Å²) < 4.78 is 5.63. The van der Waals surface area contributed by atoms with Gasteiger partial charge in [-0.05, 0) is 37.1 Å². The van der Waals surface area contributed by atoms with E-state index in [1.54, 1.807) is 6.92 Å². The monoisotopic (exact) mass is 269 g/mol. The molecule has 0 aliphatic carbocycles. The molecular formula is C17H19NO2. The smallest absolute Gasteiger partial charge is 0.261 e. The van der Waals surface area contributed by atoms with Crippen molar-refractivity contribution in [1.29, 1.82) is 0 Å². The van der Waals surface area contributed by atoms with Gasteiger partial charge in [0.25, 0.3) is 5.91 Å². The molecule has 0 saturated heterocycles. The maximum absolute atomic E-state index is 12.0. The molecule has 0 bridgehead atoms. The SMILES string of the molecule is Cc1cccc(O[C@@H](C)C(=O)NCc2ccccc2)c1. The van der Waals surface area contributed by atoms with Crippen molar-refractivity contribution in [3.05, 3.63) is 65.7 Å². The van der Waals surface area contributed by atoms with Gasteiger partial charge in [0.15, 0.2) is 6.10 Å². The summed E-state index contributed by atoms with van der Waals surface area (Å²) >= 11 is 0. The van der Waals surface area contributed by atoms with Gasteiger partial charge >= 0.3 is 0 Å². The van der Waals surface area contributed by atoms with E-state index in [1.807, 2.05) is 61.5 Å². The van der Waals surface area contributed by atoms with Crippen LogP contribution in [-0.4, -0.2) is 12.0 Å². The van der Waals surface area contributed by atoms with Crippen LogP contribution in [-0.2, 0) is 11.3 Å². The lowest BCUT2D eigenvalue weighted by Gasteiger charge is -2.15. The Hall–Kier alpha value is -2.29. The van der Waals surface area contributed by atoms with Gasteiger partial charge in [0.2, 0.25) is 0 Å². The molecule has 0 spiro atoms. The van der Waals surface area contributed by atoms with E-state index in [1.165, 1.54) is 0 Å². The number of ether oxygens (including phenoxy) is 1. The van der Waals surface area contributed by atoms with E-state index in [0.717, 1.165) is 11.1 Å². The molecule has 0 radical (unpaired) electrons. The van der Waals surface area contributed by atoms with Crippen molar-refractivity contribution in [2.45, 2.75) is 26.5 Å². The quantitative estimate of drug-likeness (QED) is 0.906. The Morgan fingerprint density at radius 1 is 1.15 bits per heavy atom. The summed E-state index contributed by atoms with van der Waals surface area (Å²) in [6.45, 7) is 4.26. The fourth-order valence-corrected chi connectivity index (χ4v) is 1.88. The number of aryl methyl sites for hydroxylation is 1. The Morgan fingerprint density at radius 2 is 1.90 bits per heavy atom. The zero-order valence-electron chi connectivity index (χ0n) is 11.8. The van der Waals surface area contributed by atoms with E-state index in [9.17, 15) is 4.79 Å². The minimum absolute atomic E-state index is 0.115. The summed E-state index contributed by atoms with van der Waals surface area (Å²) in [6, 6.07) is 17.5. The van der Waals surface area contributed by atoms with Gasteiger partial charge < -0.3 is 10.1 Å². The molecule has 1 atom stereocenters. The van der Waals surface area contributed by atoms with Crippen LogP contribution in [0.5, 0.6) is 5.75 Å². The largest absolute Gasteiger partial charge is 0.481 e. The Morgan fingerprint density at radius 3 is 2.60 bits per heavy atom. The van der Waals surface area contributed by atoms with Crippen LogP contribution in [0.4, 0.5) is 0 Å². The van der Waals surface area contributed by atoms with E-state index in [2.05, 4.69) is 5.32 Å². The van der Waals surface area contributed by atoms with E-state index < -0.39 is 6.10 Å². The second-order valence-corrected chi connectivity index (χ2v) is 4.78. The number of hydrogen-bond acceptors (Lipinski definition) is 2. The predicted molar refractivity (Wildman–Crippen MR) is 79.6 cm³/mol. The number of nitrogens with one attached hydrogen (secondary N) is 1. The summed E-state index contributed by atoms with van der Waals surface area (Å²) in [5.41, 5.74) is 2.18. The second-order valence-electron chi connectivity index (χ2n) is 4.78. The fourth-order valence-electron chi connectivity index (χ4n) is 1.88. The third kappa shape index (κ3) is 4.12. The highest BCUT2D eigenvalue weighted by atomic mass is 16.5. The van der Waals surface area contributed by atoms with Crippen LogP contribution in [0.2, 0.25) is 0 Å². The van der Waals surface area contributed by atoms with Crippen molar-refractivity contribution in [2.24, 2.45) is 0 Å². The zero-order valence-corrected chi connectivity index (χ0v) is 11.8. The second kappa shape index (κ2) is 6.75. The average molecular weight is 269 g/mol. The number of amides is 1. The van der Waals surface area contributed by atoms with Crippen LogP contribution in [0, 0.1) is 6.92 Å². The number of carbonyl (C=O) groups is 1. The van der Waals surface area contributed by atoms with Gasteiger partial charge in [0.05, 0.1) is 0 Å². The van der Waals surface area contributed by atoms with Gasteiger partial charge in [-0.25, -0.2) is 0 Å². The van der Waals surface area contributed by atoms with E-state index in [-0.39, 0.29) is 5.91 Å². The van der Waals surface area contributed by atoms with Crippen LogP contribution >= 0.6 is 0 Å². The van der Waals surface area contributed by atoms with E-state index in [0.29, 0.717) is 12.3 Å². The van der Waals surface area contributed by atoms with Crippen molar-refractivity contribution in [3.63, 3.8) is 0 Å². The summed E-state index contributed by atoms with van der Waals surface area (Å²) in [6.07, 6.45) is -0.513. The standard InChI is InChI=1S/C17H19NO2/c1-13-7-6-10-16(11-13)20-14(2)17(19)18-12-15-8-4-3-5-9-15/h3-11,14H,12H2,1-2H3,(H,18,19)/t14-/m0/s1. The molecule has 0 unspecified atom stereocenters. The number of benzene rings is 2. The number of hydrogen-bond donors (Lipinski definition) is 1. The Kier molecular flexibility index (Phi) is 4.77. The molecule has 0 saturated carbocycles. The summed E-state index contributed by atoms with van der Waals surface area (Å²) in [7, 11) is 0. The molecule has 2 aromatic rings. The average Bonchev–Trinajstić information content (AvgIpc) is 2.46. The van der Waals surface area contributed by atoms with Gasteiger partial charge in [-0.3, -0.25) is 4.79 Å². The Balaban J connectivity index is 1.86. The number of rotatable bonds is 5. The molecule has 3 nitrogen and oxygen atoms in total. The topological polar surface area (TPSA) is 38.3 Å². The molecule has 0 aliphatic rings. The van der Waals surface area contributed by atoms with Crippen molar-refractivity contribution in [3.8, 4) is 5.75 Å². The van der Waals surface area contributed by atoms with Crippen LogP contribution in [0.25, 0.3) is 0 Å². The lowest BCUT2D eigenvalue weighted by molar-refractivity contribution is -0.127. The Labute approximate surface area is 119 Å². The van der Waals surface area contributed by atoms with Crippen molar-refractivity contribution >= 4 is 5.91 Å². The molecule has 1 N–H and O–H groups in total. The molecule has 0 aliphatic heterocycles. The van der Waals surface area contributed by atoms with Crippen molar-refractivity contribution < 1.29 is 9.53 Å². The molecule has 0 heterocycles.